The highest BCUT2D eigenvalue weighted by Crippen LogP contribution is 2.25. The maximum atomic E-state index is 12.1. The van der Waals surface area contributed by atoms with Crippen LogP contribution in [-0.2, 0) is 11.3 Å². The number of ether oxygens (including phenoxy) is 3. The summed E-state index contributed by atoms with van der Waals surface area (Å²) >= 11 is 0. The lowest BCUT2D eigenvalue weighted by atomic mass is 10.0. The van der Waals surface area contributed by atoms with Crippen molar-refractivity contribution in [1.29, 1.82) is 0 Å². The van der Waals surface area contributed by atoms with Gasteiger partial charge in [-0.05, 0) is 39.7 Å². The molecule has 1 saturated heterocycles. The Kier molecular flexibility index (Phi) is 9.43. The first-order valence-corrected chi connectivity index (χ1v) is 9.74. The van der Waals surface area contributed by atoms with Crippen LogP contribution in [0.25, 0.3) is 0 Å². The monoisotopic (exact) mass is 380 g/mol. The number of rotatable bonds is 5. The number of amides is 1. The Bertz CT molecular complexity index is 576. The van der Waals surface area contributed by atoms with Crippen LogP contribution in [0.4, 0.5) is 4.79 Å². The summed E-state index contributed by atoms with van der Waals surface area (Å²) in [5.74, 6) is 1.60. The van der Waals surface area contributed by atoms with Crippen LogP contribution in [0, 0.1) is 0 Å². The van der Waals surface area contributed by atoms with Crippen molar-refractivity contribution in [3.63, 3.8) is 0 Å². The molecule has 0 aliphatic carbocycles. The molecule has 0 spiro atoms. The predicted octanol–water partition coefficient (Wildman–Crippen LogP) is 4.22. The second-order valence-corrected chi connectivity index (χ2v) is 7.30. The fourth-order valence-corrected chi connectivity index (χ4v) is 2.84. The summed E-state index contributed by atoms with van der Waals surface area (Å²) in [4.78, 5) is 13.9. The minimum atomic E-state index is -0.447. The predicted molar refractivity (Wildman–Crippen MR) is 109 cm³/mol. The molecule has 1 aromatic rings. The fraction of sp³-hybridized carbons (Fsp3) is 0.667. The quantitative estimate of drug-likeness (QED) is 0.829. The van der Waals surface area contributed by atoms with E-state index in [1.165, 1.54) is 0 Å². The SMILES string of the molecule is CC.COc1ccc(CNC2CCN(C(=O)OC(C)(C)C)CC2)c(OC)c1. The number of methoxy groups -OCH3 is 2. The van der Waals surface area contributed by atoms with Gasteiger partial charge in [0.15, 0.2) is 0 Å². The first-order valence-electron chi connectivity index (χ1n) is 9.74. The normalized spacial score (nSPS) is 14.9. The van der Waals surface area contributed by atoms with Gasteiger partial charge < -0.3 is 24.4 Å². The van der Waals surface area contributed by atoms with Gasteiger partial charge in [0.2, 0.25) is 0 Å². The van der Waals surface area contributed by atoms with Gasteiger partial charge in [-0.15, -0.1) is 0 Å². The lowest BCUT2D eigenvalue weighted by Crippen LogP contribution is -2.46. The number of likely N-dealkylation sites (tertiary alicyclic amines) is 1. The summed E-state index contributed by atoms with van der Waals surface area (Å²) < 4.78 is 16.1. The average molecular weight is 381 g/mol. The van der Waals surface area contributed by atoms with E-state index in [2.05, 4.69) is 5.32 Å². The molecule has 6 nitrogen and oxygen atoms in total. The summed E-state index contributed by atoms with van der Waals surface area (Å²) in [5.41, 5.74) is 0.648. The number of benzene rings is 1. The number of hydrogen-bond donors (Lipinski definition) is 1. The fourth-order valence-electron chi connectivity index (χ4n) is 2.84. The van der Waals surface area contributed by atoms with Gasteiger partial charge in [0, 0.05) is 37.3 Å². The maximum Gasteiger partial charge on any atom is 0.410 e. The highest BCUT2D eigenvalue weighted by molar-refractivity contribution is 5.68. The van der Waals surface area contributed by atoms with Crippen LogP contribution in [0.5, 0.6) is 11.5 Å². The van der Waals surface area contributed by atoms with Gasteiger partial charge in [-0.3, -0.25) is 0 Å². The standard InChI is InChI=1S/C19H30N2O4.C2H6/c1-19(2,3)25-18(22)21-10-8-15(9-11-21)20-13-14-6-7-16(23-4)12-17(14)24-5;1-2/h6-7,12,15,20H,8-11,13H2,1-5H3;1-2H3. The molecule has 27 heavy (non-hydrogen) atoms. The van der Waals surface area contributed by atoms with Gasteiger partial charge in [0.1, 0.15) is 17.1 Å². The highest BCUT2D eigenvalue weighted by atomic mass is 16.6. The van der Waals surface area contributed by atoms with Crippen molar-refractivity contribution in [3.05, 3.63) is 23.8 Å². The second kappa shape index (κ2) is 11.0. The van der Waals surface area contributed by atoms with Gasteiger partial charge in [-0.2, -0.15) is 0 Å². The van der Waals surface area contributed by atoms with Crippen molar-refractivity contribution in [2.75, 3.05) is 27.3 Å². The zero-order valence-corrected chi connectivity index (χ0v) is 17.9. The van der Waals surface area contributed by atoms with E-state index in [9.17, 15) is 4.79 Å². The number of nitrogens with one attached hydrogen (secondary N) is 1. The molecule has 1 fully saturated rings. The third-order valence-corrected chi connectivity index (χ3v) is 4.22. The van der Waals surface area contributed by atoms with E-state index in [0.717, 1.165) is 36.4 Å². The molecule has 1 N–H and O–H groups in total. The molecular formula is C21H36N2O4. The van der Waals surface area contributed by atoms with Crippen molar-refractivity contribution in [3.8, 4) is 11.5 Å². The van der Waals surface area contributed by atoms with E-state index in [0.29, 0.717) is 19.1 Å². The summed E-state index contributed by atoms with van der Waals surface area (Å²) in [6, 6.07) is 6.22. The van der Waals surface area contributed by atoms with Gasteiger partial charge >= 0.3 is 6.09 Å². The van der Waals surface area contributed by atoms with Crippen molar-refractivity contribution < 1.29 is 19.0 Å². The Labute approximate surface area is 164 Å². The summed E-state index contributed by atoms with van der Waals surface area (Å²) in [5, 5.41) is 3.56. The molecular weight excluding hydrogens is 344 g/mol. The molecule has 0 unspecified atom stereocenters. The molecule has 0 aromatic heterocycles. The summed E-state index contributed by atoms with van der Waals surface area (Å²) in [7, 11) is 3.31. The van der Waals surface area contributed by atoms with Crippen LogP contribution in [0.2, 0.25) is 0 Å². The zero-order chi connectivity index (χ0) is 20.4. The first-order chi connectivity index (χ1) is 12.8. The Balaban J connectivity index is 0.00000176. The van der Waals surface area contributed by atoms with Crippen LogP contribution in [0.15, 0.2) is 18.2 Å². The number of piperidine rings is 1. The van der Waals surface area contributed by atoms with Gasteiger partial charge in [-0.25, -0.2) is 4.79 Å². The van der Waals surface area contributed by atoms with E-state index in [1.54, 1.807) is 19.1 Å². The number of carbonyl (C=O) groups is 1. The number of nitrogens with zero attached hydrogens (tertiary/aromatic N) is 1. The van der Waals surface area contributed by atoms with Gasteiger partial charge in [-0.1, -0.05) is 19.9 Å². The minimum Gasteiger partial charge on any atom is -0.497 e. The lowest BCUT2D eigenvalue weighted by Gasteiger charge is -2.33. The lowest BCUT2D eigenvalue weighted by molar-refractivity contribution is 0.0198. The smallest absolute Gasteiger partial charge is 0.410 e. The van der Waals surface area contributed by atoms with E-state index in [4.69, 9.17) is 14.2 Å². The Morgan fingerprint density at radius 2 is 1.78 bits per heavy atom. The maximum absolute atomic E-state index is 12.1. The molecule has 1 heterocycles. The second-order valence-electron chi connectivity index (χ2n) is 7.30. The van der Waals surface area contributed by atoms with Crippen LogP contribution >= 0.6 is 0 Å². The van der Waals surface area contributed by atoms with E-state index >= 15 is 0 Å². The number of hydrogen-bond acceptors (Lipinski definition) is 5. The molecule has 0 radical (unpaired) electrons. The Morgan fingerprint density at radius 3 is 2.30 bits per heavy atom. The molecule has 1 aliphatic rings. The third kappa shape index (κ3) is 7.67. The first kappa shape index (κ1) is 23.1. The van der Waals surface area contributed by atoms with Crippen molar-refractivity contribution in [1.82, 2.24) is 10.2 Å². The highest BCUT2D eigenvalue weighted by Gasteiger charge is 2.26. The number of carbonyl (C=O) groups excluding carboxylic acids is 1. The minimum absolute atomic E-state index is 0.220. The summed E-state index contributed by atoms with van der Waals surface area (Å²) in [6.07, 6.45) is 1.61. The Hall–Kier alpha value is -1.95. The molecule has 0 bridgehead atoms. The molecule has 154 valence electrons. The summed E-state index contributed by atoms with van der Waals surface area (Å²) in [6.45, 7) is 11.8. The molecule has 0 atom stereocenters. The Morgan fingerprint density at radius 1 is 1.15 bits per heavy atom. The van der Waals surface area contributed by atoms with Crippen LogP contribution in [0.1, 0.15) is 53.0 Å². The van der Waals surface area contributed by atoms with Gasteiger partial charge in [0.05, 0.1) is 14.2 Å². The average Bonchev–Trinajstić information content (AvgIpc) is 2.66. The molecule has 6 heteroatoms. The molecule has 1 aliphatic heterocycles. The van der Waals surface area contributed by atoms with Gasteiger partial charge in [0.25, 0.3) is 0 Å². The van der Waals surface area contributed by atoms with Crippen molar-refractivity contribution >= 4 is 6.09 Å². The van der Waals surface area contributed by atoms with Crippen LogP contribution in [0.3, 0.4) is 0 Å². The van der Waals surface area contributed by atoms with E-state index in [1.807, 2.05) is 52.8 Å². The zero-order valence-electron chi connectivity index (χ0n) is 17.9. The van der Waals surface area contributed by atoms with Crippen molar-refractivity contribution in [2.24, 2.45) is 0 Å². The molecule has 1 amide bonds. The topological polar surface area (TPSA) is 60.0 Å². The van der Waals surface area contributed by atoms with Crippen molar-refractivity contribution in [2.45, 2.75) is 65.6 Å². The molecule has 0 saturated carbocycles. The largest absolute Gasteiger partial charge is 0.497 e. The molecule has 2 rings (SSSR count). The van der Waals surface area contributed by atoms with Crippen LogP contribution < -0.4 is 14.8 Å². The third-order valence-electron chi connectivity index (χ3n) is 4.22. The van der Waals surface area contributed by atoms with E-state index in [-0.39, 0.29) is 6.09 Å². The van der Waals surface area contributed by atoms with Crippen LogP contribution in [-0.4, -0.2) is 49.9 Å². The molecule has 1 aromatic carbocycles. The van der Waals surface area contributed by atoms with E-state index < -0.39 is 5.60 Å².